The van der Waals surface area contributed by atoms with Crippen LogP contribution in [0.1, 0.15) is 35.7 Å². The molecule has 2 N–H and O–H groups in total. The maximum atomic E-state index is 12.2. The Hall–Kier alpha value is -3.15. The zero-order valence-electron chi connectivity index (χ0n) is 15.5. The zero-order valence-corrected chi connectivity index (χ0v) is 15.5. The molecule has 0 saturated heterocycles. The van der Waals surface area contributed by atoms with E-state index in [0.29, 0.717) is 17.4 Å². The highest BCUT2D eigenvalue weighted by Gasteiger charge is 2.27. The number of nitrogens with zero attached hydrogens (tertiary/aromatic N) is 2. The van der Waals surface area contributed by atoms with Crippen molar-refractivity contribution in [1.82, 2.24) is 15.2 Å². The second-order valence-corrected chi connectivity index (χ2v) is 7.01. The summed E-state index contributed by atoms with van der Waals surface area (Å²) >= 11 is 0. The van der Waals surface area contributed by atoms with Gasteiger partial charge < -0.3 is 10.1 Å². The molecule has 0 radical (unpaired) electrons. The van der Waals surface area contributed by atoms with Crippen LogP contribution < -0.4 is 10.1 Å². The molecular weight excluding hydrogens is 340 g/mol. The molecule has 0 bridgehead atoms. The van der Waals surface area contributed by atoms with E-state index < -0.39 is 0 Å². The van der Waals surface area contributed by atoms with Crippen molar-refractivity contribution in [3.63, 3.8) is 0 Å². The van der Waals surface area contributed by atoms with Gasteiger partial charge in [0, 0.05) is 17.2 Å². The van der Waals surface area contributed by atoms with Gasteiger partial charge in [0.05, 0.1) is 0 Å². The van der Waals surface area contributed by atoms with Gasteiger partial charge in [-0.05, 0) is 50.5 Å². The van der Waals surface area contributed by atoms with Crippen LogP contribution in [-0.2, 0) is 4.79 Å². The smallest absolute Gasteiger partial charge is 0.262 e. The number of H-pyrrole nitrogens is 1. The Balaban J connectivity index is 1.39. The van der Waals surface area contributed by atoms with Gasteiger partial charge >= 0.3 is 0 Å². The standard InChI is InChI=1S/C21H22N4O2/c1-13-6-9-18(14(2)10-13)27-12-19(26)22-17-5-3-4-16(11-17)21-23-20(24-25-21)15-7-8-15/h3-6,9-11,15H,7-8,12H2,1-2H3,(H,22,26)(H,23,24,25). The molecule has 0 aliphatic heterocycles. The van der Waals surface area contributed by atoms with Gasteiger partial charge in [-0.15, -0.1) is 0 Å². The van der Waals surface area contributed by atoms with Crippen LogP contribution in [-0.4, -0.2) is 27.7 Å². The molecule has 4 rings (SSSR count). The molecule has 1 amide bonds. The third kappa shape index (κ3) is 4.16. The van der Waals surface area contributed by atoms with E-state index in [4.69, 9.17) is 4.74 Å². The number of anilines is 1. The van der Waals surface area contributed by atoms with Crippen LogP contribution >= 0.6 is 0 Å². The number of carbonyl (C=O) groups excluding carboxylic acids is 1. The number of aryl methyl sites for hydroxylation is 2. The Labute approximate surface area is 158 Å². The fourth-order valence-corrected chi connectivity index (χ4v) is 2.98. The van der Waals surface area contributed by atoms with E-state index >= 15 is 0 Å². The molecule has 3 aromatic rings. The van der Waals surface area contributed by atoms with E-state index in [0.717, 1.165) is 28.3 Å². The summed E-state index contributed by atoms with van der Waals surface area (Å²) in [5.74, 6) is 2.64. The van der Waals surface area contributed by atoms with Crippen molar-refractivity contribution in [3.8, 4) is 17.1 Å². The van der Waals surface area contributed by atoms with Crippen molar-refractivity contribution in [2.45, 2.75) is 32.6 Å². The Morgan fingerprint density at radius 2 is 2.07 bits per heavy atom. The van der Waals surface area contributed by atoms with Crippen molar-refractivity contribution in [2.75, 3.05) is 11.9 Å². The highest BCUT2D eigenvalue weighted by Crippen LogP contribution is 2.38. The molecule has 0 spiro atoms. The summed E-state index contributed by atoms with van der Waals surface area (Å²) in [5.41, 5.74) is 3.74. The fraction of sp³-hybridized carbons (Fsp3) is 0.286. The molecule has 2 aromatic carbocycles. The fourth-order valence-electron chi connectivity index (χ4n) is 2.98. The van der Waals surface area contributed by atoms with E-state index in [1.54, 1.807) is 0 Å². The van der Waals surface area contributed by atoms with Crippen LogP contribution in [0.2, 0.25) is 0 Å². The van der Waals surface area contributed by atoms with E-state index in [1.165, 1.54) is 12.8 Å². The number of hydrogen-bond acceptors (Lipinski definition) is 4. The molecule has 1 saturated carbocycles. The monoisotopic (exact) mass is 362 g/mol. The van der Waals surface area contributed by atoms with E-state index in [-0.39, 0.29) is 12.5 Å². The summed E-state index contributed by atoms with van der Waals surface area (Å²) < 4.78 is 5.64. The lowest BCUT2D eigenvalue weighted by atomic mass is 10.1. The molecule has 138 valence electrons. The molecule has 0 unspecified atom stereocenters. The highest BCUT2D eigenvalue weighted by molar-refractivity contribution is 5.92. The first kappa shape index (κ1) is 17.3. The summed E-state index contributed by atoms with van der Waals surface area (Å²) in [6.07, 6.45) is 2.34. The summed E-state index contributed by atoms with van der Waals surface area (Å²) in [5, 5.41) is 10.2. The molecule has 6 nitrogen and oxygen atoms in total. The number of carbonyl (C=O) groups is 1. The second-order valence-electron chi connectivity index (χ2n) is 7.01. The van der Waals surface area contributed by atoms with Crippen molar-refractivity contribution < 1.29 is 9.53 Å². The molecule has 0 atom stereocenters. The average molecular weight is 362 g/mol. The molecule has 27 heavy (non-hydrogen) atoms. The predicted octanol–water partition coefficient (Wildman–Crippen LogP) is 3.98. The van der Waals surface area contributed by atoms with Crippen LogP contribution in [0.5, 0.6) is 5.75 Å². The summed E-state index contributed by atoms with van der Waals surface area (Å²) in [7, 11) is 0. The number of benzene rings is 2. The first-order valence-electron chi connectivity index (χ1n) is 9.11. The molecular formula is C21H22N4O2. The quantitative estimate of drug-likeness (QED) is 0.695. The normalized spacial score (nSPS) is 13.4. The van der Waals surface area contributed by atoms with Crippen LogP contribution in [0, 0.1) is 13.8 Å². The van der Waals surface area contributed by atoms with Gasteiger partial charge in [0.1, 0.15) is 11.6 Å². The van der Waals surface area contributed by atoms with Gasteiger partial charge in [0.25, 0.3) is 5.91 Å². The third-order valence-electron chi connectivity index (χ3n) is 4.56. The van der Waals surface area contributed by atoms with Crippen LogP contribution in [0.3, 0.4) is 0 Å². The number of aromatic nitrogens is 3. The Morgan fingerprint density at radius 3 is 2.85 bits per heavy atom. The van der Waals surface area contributed by atoms with Gasteiger partial charge in [0.2, 0.25) is 0 Å². The topological polar surface area (TPSA) is 79.9 Å². The van der Waals surface area contributed by atoms with Crippen LogP contribution in [0.15, 0.2) is 42.5 Å². The van der Waals surface area contributed by atoms with Gasteiger partial charge in [-0.1, -0.05) is 29.8 Å². The van der Waals surface area contributed by atoms with Gasteiger partial charge in [-0.2, -0.15) is 5.10 Å². The Morgan fingerprint density at radius 1 is 1.22 bits per heavy atom. The number of amides is 1. The number of rotatable bonds is 6. The molecule has 1 heterocycles. The minimum Gasteiger partial charge on any atom is -0.483 e. The first-order valence-corrected chi connectivity index (χ1v) is 9.11. The summed E-state index contributed by atoms with van der Waals surface area (Å²) in [4.78, 5) is 16.8. The first-order chi connectivity index (χ1) is 13.1. The number of nitrogens with one attached hydrogen (secondary N) is 2. The minimum absolute atomic E-state index is 0.0411. The van der Waals surface area contributed by atoms with Crippen LogP contribution in [0.4, 0.5) is 5.69 Å². The lowest BCUT2D eigenvalue weighted by molar-refractivity contribution is -0.118. The average Bonchev–Trinajstić information content (AvgIpc) is 3.38. The molecule has 1 aliphatic rings. The minimum atomic E-state index is -0.208. The number of hydrogen-bond donors (Lipinski definition) is 2. The lowest BCUT2D eigenvalue weighted by Gasteiger charge is -2.10. The van der Waals surface area contributed by atoms with E-state index in [9.17, 15) is 4.79 Å². The SMILES string of the molecule is Cc1ccc(OCC(=O)Nc2cccc(-c3n[nH]c(C4CC4)n3)c2)c(C)c1. The van der Waals surface area contributed by atoms with Crippen LogP contribution in [0.25, 0.3) is 11.4 Å². The van der Waals surface area contributed by atoms with Crippen molar-refractivity contribution >= 4 is 11.6 Å². The second kappa shape index (κ2) is 7.23. The van der Waals surface area contributed by atoms with Gasteiger partial charge in [-0.3, -0.25) is 9.89 Å². The highest BCUT2D eigenvalue weighted by atomic mass is 16.5. The molecule has 1 aliphatic carbocycles. The van der Waals surface area contributed by atoms with Crippen molar-refractivity contribution in [3.05, 3.63) is 59.4 Å². The predicted molar refractivity (Wildman–Crippen MR) is 104 cm³/mol. The largest absolute Gasteiger partial charge is 0.483 e. The number of ether oxygens (including phenoxy) is 1. The molecule has 1 aromatic heterocycles. The summed E-state index contributed by atoms with van der Waals surface area (Å²) in [6.45, 7) is 3.95. The molecule has 6 heteroatoms. The molecule has 1 fully saturated rings. The van der Waals surface area contributed by atoms with E-state index in [1.807, 2.05) is 56.3 Å². The lowest BCUT2D eigenvalue weighted by Crippen LogP contribution is -2.20. The van der Waals surface area contributed by atoms with Gasteiger partial charge in [-0.25, -0.2) is 4.98 Å². The maximum absolute atomic E-state index is 12.2. The van der Waals surface area contributed by atoms with Crippen molar-refractivity contribution in [2.24, 2.45) is 0 Å². The van der Waals surface area contributed by atoms with Gasteiger partial charge in [0.15, 0.2) is 12.4 Å². The third-order valence-corrected chi connectivity index (χ3v) is 4.56. The number of aromatic amines is 1. The maximum Gasteiger partial charge on any atom is 0.262 e. The zero-order chi connectivity index (χ0) is 18.8. The summed E-state index contributed by atoms with van der Waals surface area (Å²) in [6, 6.07) is 13.4. The Bertz CT molecular complexity index is 976. The van der Waals surface area contributed by atoms with E-state index in [2.05, 4.69) is 20.5 Å². The van der Waals surface area contributed by atoms with Crippen molar-refractivity contribution in [1.29, 1.82) is 0 Å². The Kier molecular flexibility index (Phi) is 4.62.